The number of cyclic esters (lactones) is 1. The highest BCUT2D eigenvalue weighted by Crippen LogP contribution is 2.38. The number of amides is 1. The number of nitrogens with zero attached hydrogens (tertiary/aromatic N) is 1. The Morgan fingerprint density at radius 3 is 2.38 bits per heavy atom. The number of ketones is 2. The van der Waals surface area contributed by atoms with Crippen LogP contribution in [0.5, 0.6) is 0 Å². The summed E-state index contributed by atoms with van der Waals surface area (Å²) in [5.41, 5.74) is 1.17. The molecule has 1 amide bonds. The molecule has 1 aromatic carbocycles. The lowest BCUT2D eigenvalue weighted by molar-refractivity contribution is -0.268. The zero-order valence-electron chi connectivity index (χ0n) is 27.8. The fourth-order valence-electron chi connectivity index (χ4n) is 7.24. The van der Waals surface area contributed by atoms with E-state index in [1.165, 1.54) is 10.5 Å². The van der Waals surface area contributed by atoms with Crippen LogP contribution in [0.1, 0.15) is 98.0 Å². The average molecular weight is 624 g/mol. The maximum atomic E-state index is 13.9. The number of rotatable bonds is 4. The fourth-order valence-corrected chi connectivity index (χ4v) is 7.24. The molecule has 45 heavy (non-hydrogen) atoms. The van der Waals surface area contributed by atoms with E-state index in [0.29, 0.717) is 38.5 Å². The average Bonchev–Trinajstić information content (AvgIpc) is 3.05. The minimum atomic E-state index is -2.37. The third-order valence-corrected chi connectivity index (χ3v) is 10.4. The van der Waals surface area contributed by atoms with Gasteiger partial charge in [0.1, 0.15) is 17.9 Å². The Balaban J connectivity index is 1.67. The number of benzene rings is 1. The Morgan fingerprint density at radius 1 is 0.956 bits per heavy atom. The highest BCUT2D eigenvalue weighted by Gasteiger charge is 2.54. The van der Waals surface area contributed by atoms with Crippen LogP contribution in [-0.4, -0.2) is 64.0 Å². The number of allylic oxidation sites excluding steroid dienone is 2. The van der Waals surface area contributed by atoms with Gasteiger partial charge in [0.05, 0.1) is 6.10 Å². The predicted octanol–water partition coefficient (Wildman–Crippen LogP) is 5.84. The van der Waals surface area contributed by atoms with Gasteiger partial charge in [0, 0.05) is 24.3 Å². The highest BCUT2D eigenvalue weighted by molar-refractivity contribution is 6.39. The lowest BCUT2D eigenvalue weighted by Gasteiger charge is -2.43. The van der Waals surface area contributed by atoms with Gasteiger partial charge in [-0.1, -0.05) is 77.1 Å². The summed E-state index contributed by atoms with van der Waals surface area (Å²) in [6.07, 6.45) is 9.34. The molecule has 3 heterocycles. The third-order valence-electron chi connectivity index (χ3n) is 10.4. The van der Waals surface area contributed by atoms with Crippen LogP contribution in [0, 0.1) is 29.6 Å². The van der Waals surface area contributed by atoms with Crippen molar-refractivity contribution in [3.8, 4) is 0 Å². The van der Waals surface area contributed by atoms with Crippen LogP contribution in [-0.2, 0) is 35.1 Å². The van der Waals surface area contributed by atoms with E-state index in [4.69, 9.17) is 9.47 Å². The lowest BCUT2D eigenvalue weighted by atomic mass is 9.81. The molecule has 0 aliphatic carbocycles. The van der Waals surface area contributed by atoms with E-state index >= 15 is 0 Å². The smallest absolute Gasteiger partial charge is 0.329 e. The van der Waals surface area contributed by atoms with Crippen LogP contribution in [0.15, 0.2) is 42.5 Å². The van der Waals surface area contributed by atoms with Gasteiger partial charge in [-0.25, -0.2) is 4.79 Å². The molecular formula is C37H53NO7. The minimum absolute atomic E-state index is 0.00754. The molecule has 8 nitrogen and oxygen atoms in total. The summed E-state index contributed by atoms with van der Waals surface area (Å²) in [5.74, 6) is -6.04. The Kier molecular flexibility index (Phi) is 12.2. The highest BCUT2D eigenvalue weighted by atomic mass is 16.6. The van der Waals surface area contributed by atoms with Crippen molar-refractivity contribution < 1.29 is 33.8 Å². The van der Waals surface area contributed by atoms with Gasteiger partial charge in [-0.15, -0.1) is 0 Å². The topological polar surface area (TPSA) is 110 Å². The number of Topliss-reactive ketones (excluding diaryl/α,β-unsaturated/α-hetero) is 2. The van der Waals surface area contributed by atoms with Gasteiger partial charge >= 0.3 is 5.97 Å². The van der Waals surface area contributed by atoms with Crippen LogP contribution >= 0.6 is 0 Å². The van der Waals surface area contributed by atoms with Gasteiger partial charge in [0.15, 0.2) is 0 Å². The third kappa shape index (κ3) is 8.31. The summed E-state index contributed by atoms with van der Waals surface area (Å²) in [4.78, 5) is 56.2. The number of ether oxygens (including phenoxy) is 2. The van der Waals surface area contributed by atoms with E-state index in [-0.39, 0.29) is 36.2 Å². The van der Waals surface area contributed by atoms with E-state index < -0.39 is 47.4 Å². The zero-order chi connectivity index (χ0) is 32.7. The van der Waals surface area contributed by atoms with Gasteiger partial charge < -0.3 is 19.5 Å². The summed E-state index contributed by atoms with van der Waals surface area (Å²) in [7, 11) is 0. The summed E-state index contributed by atoms with van der Waals surface area (Å²) in [6, 6.07) is 9.26. The van der Waals surface area contributed by atoms with Crippen LogP contribution in [0.4, 0.5) is 0 Å². The molecule has 3 aliphatic heterocycles. The number of hydrogen-bond acceptors (Lipinski definition) is 7. The van der Waals surface area contributed by atoms with Gasteiger partial charge in [-0.2, -0.15) is 0 Å². The van der Waals surface area contributed by atoms with Crippen molar-refractivity contribution in [2.24, 2.45) is 29.6 Å². The Labute approximate surface area is 268 Å². The van der Waals surface area contributed by atoms with Gasteiger partial charge in [0.25, 0.3) is 11.7 Å². The number of fused-ring (bicyclic) bond motifs is 3. The van der Waals surface area contributed by atoms with Crippen molar-refractivity contribution in [2.45, 2.75) is 123 Å². The second kappa shape index (κ2) is 15.6. The SMILES string of the molecule is CC[C@H](Cc1ccccc1)[C@@H]1CC(C)C/C=C/C[C@@H](C)C(=O)[C@@H](C)[C@@H]2CC[C@@H](C)[C@@](O)(O2)C(=O)C(=O)N2CCCC[C@H]2C(=O)O1. The normalized spacial score (nSPS) is 35.8. The van der Waals surface area contributed by atoms with Gasteiger partial charge in [0.2, 0.25) is 5.79 Å². The Morgan fingerprint density at radius 2 is 1.67 bits per heavy atom. The van der Waals surface area contributed by atoms with E-state index in [0.717, 1.165) is 25.7 Å². The molecule has 9 atom stereocenters. The van der Waals surface area contributed by atoms with Crippen LogP contribution in [0.25, 0.3) is 0 Å². The molecule has 0 aromatic heterocycles. The number of carbonyl (C=O) groups excluding carboxylic acids is 4. The molecule has 2 fully saturated rings. The molecule has 248 valence electrons. The molecule has 2 bridgehead atoms. The van der Waals surface area contributed by atoms with Crippen LogP contribution in [0.2, 0.25) is 0 Å². The largest absolute Gasteiger partial charge is 0.461 e. The number of esters is 1. The number of piperidine rings is 1. The number of carbonyl (C=O) groups is 4. The Hall–Kier alpha value is -2.84. The summed E-state index contributed by atoms with van der Waals surface area (Å²) in [6.45, 7) is 9.82. The molecular weight excluding hydrogens is 570 g/mol. The standard InChI is InChI=1S/C37H53NO7/c1-6-29(23-28-16-8-7-9-17-28)32-22-24(2)14-10-11-15-25(3)33(39)27(5)31-20-19-26(4)37(43,45-31)34(40)35(41)38-21-13-12-18-30(38)36(42)44-32/h7-11,16-17,24-27,29-32,43H,6,12-15,18-23H2,1-5H3/b11-10+/t24?,25-,26-,27+,29-,30+,31+,32+,37-/m1/s1. The van der Waals surface area contributed by atoms with E-state index in [2.05, 4.69) is 32.1 Å². The first kappa shape index (κ1) is 35.0. The molecule has 1 aromatic rings. The van der Waals surface area contributed by atoms with Crippen LogP contribution in [0.3, 0.4) is 0 Å². The summed E-state index contributed by atoms with van der Waals surface area (Å²) >= 11 is 0. The van der Waals surface area contributed by atoms with Gasteiger partial charge in [-0.3, -0.25) is 14.4 Å². The van der Waals surface area contributed by atoms with Crippen molar-refractivity contribution in [3.05, 3.63) is 48.0 Å². The van der Waals surface area contributed by atoms with Crippen molar-refractivity contribution in [3.63, 3.8) is 0 Å². The quantitative estimate of drug-likeness (QED) is 0.255. The molecule has 0 radical (unpaired) electrons. The van der Waals surface area contributed by atoms with E-state index in [9.17, 15) is 24.3 Å². The first-order chi connectivity index (χ1) is 21.5. The van der Waals surface area contributed by atoms with Crippen molar-refractivity contribution >= 4 is 23.4 Å². The second-order valence-corrected chi connectivity index (χ2v) is 13.9. The predicted molar refractivity (Wildman–Crippen MR) is 172 cm³/mol. The molecule has 1 unspecified atom stereocenters. The first-order valence-corrected chi connectivity index (χ1v) is 17.1. The monoisotopic (exact) mass is 623 g/mol. The molecule has 2 saturated heterocycles. The molecule has 0 spiro atoms. The lowest BCUT2D eigenvalue weighted by Crippen LogP contribution is -2.61. The summed E-state index contributed by atoms with van der Waals surface area (Å²) < 4.78 is 12.3. The molecule has 1 N–H and O–H groups in total. The molecule has 3 aliphatic rings. The number of aliphatic hydroxyl groups is 1. The number of hydrogen-bond donors (Lipinski definition) is 1. The van der Waals surface area contributed by atoms with E-state index in [1.54, 1.807) is 13.8 Å². The summed E-state index contributed by atoms with van der Waals surface area (Å²) in [5, 5.41) is 11.6. The zero-order valence-corrected chi connectivity index (χ0v) is 27.8. The van der Waals surface area contributed by atoms with E-state index in [1.807, 2.05) is 31.2 Å². The maximum absolute atomic E-state index is 13.9. The second-order valence-electron chi connectivity index (χ2n) is 13.9. The van der Waals surface area contributed by atoms with Crippen molar-refractivity contribution in [2.75, 3.05) is 6.54 Å². The van der Waals surface area contributed by atoms with Crippen molar-refractivity contribution in [1.29, 1.82) is 0 Å². The van der Waals surface area contributed by atoms with Crippen molar-refractivity contribution in [1.82, 2.24) is 4.90 Å². The first-order valence-electron chi connectivity index (χ1n) is 17.1. The minimum Gasteiger partial charge on any atom is -0.461 e. The molecule has 4 rings (SSSR count). The maximum Gasteiger partial charge on any atom is 0.329 e. The molecule has 8 heteroatoms. The Bertz CT molecular complexity index is 1210. The molecule has 0 saturated carbocycles. The van der Waals surface area contributed by atoms with Crippen LogP contribution < -0.4 is 0 Å². The fraction of sp³-hybridized carbons (Fsp3) is 0.676. The van der Waals surface area contributed by atoms with Gasteiger partial charge in [-0.05, 0) is 81.6 Å².